The van der Waals surface area contributed by atoms with Gasteiger partial charge in [-0.05, 0) is 13.0 Å². The van der Waals surface area contributed by atoms with Crippen molar-refractivity contribution in [3.63, 3.8) is 0 Å². The molecule has 0 bridgehead atoms. The summed E-state index contributed by atoms with van der Waals surface area (Å²) in [4.78, 5) is 9.20. The minimum atomic E-state index is 0.520. The maximum Gasteiger partial charge on any atom is 0.158 e. The van der Waals surface area contributed by atoms with Crippen molar-refractivity contribution >= 4 is 11.3 Å². The zero-order valence-electron chi connectivity index (χ0n) is 11.7. The fraction of sp³-hybridized carbons (Fsp3) is 0.143. The number of aromatic nitrogens is 6. The summed E-state index contributed by atoms with van der Waals surface area (Å²) in [5.74, 6) is 1.70. The summed E-state index contributed by atoms with van der Waals surface area (Å²) in [5, 5.41) is 10.3. The predicted octanol–water partition coefficient (Wildman–Crippen LogP) is 2.54. The van der Waals surface area contributed by atoms with Crippen molar-refractivity contribution in [3.8, 4) is 16.3 Å². The van der Waals surface area contributed by atoms with Crippen LogP contribution in [0.5, 0.6) is 0 Å². The lowest BCUT2D eigenvalue weighted by molar-refractivity contribution is 0.373. The van der Waals surface area contributed by atoms with Crippen LogP contribution in [0.2, 0.25) is 0 Å². The third-order valence-corrected chi connectivity index (χ3v) is 4.23. The third kappa shape index (κ3) is 2.33. The SMILES string of the molecule is Cc1nccn1-c1csc(-c2cc(Cn3cncn3)on2)c1. The number of nitrogens with zero attached hydrogens (tertiary/aromatic N) is 6. The quantitative estimate of drug-likeness (QED) is 0.579. The Hall–Kier alpha value is -2.74. The lowest BCUT2D eigenvalue weighted by Gasteiger charge is -1.99. The lowest BCUT2D eigenvalue weighted by atomic mass is 10.3. The highest BCUT2D eigenvalue weighted by Crippen LogP contribution is 2.29. The number of hydrogen-bond donors (Lipinski definition) is 0. The summed E-state index contributed by atoms with van der Waals surface area (Å²) in [6, 6.07) is 4.01. The molecule has 4 aromatic heterocycles. The molecule has 0 aliphatic carbocycles. The van der Waals surface area contributed by atoms with Crippen molar-refractivity contribution in [3.05, 3.63) is 54.1 Å². The van der Waals surface area contributed by atoms with Crippen LogP contribution in [0.3, 0.4) is 0 Å². The zero-order chi connectivity index (χ0) is 14.9. The van der Waals surface area contributed by atoms with Crippen molar-refractivity contribution in [2.45, 2.75) is 13.5 Å². The summed E-state index contributed by atoms with van der Waals surface area (Å²) in [6.45, 7) is 2.50. The van der Waals surface area contributed by atoms with E-state index in [2.05, 4.69) is 31.7 Å². The average Bonchev–Trinajstić information content (AvgIpc) is 3.25. The van der Waals surface area contributed by atoms with Gasteiger partial charge >= 0.3 is 0 Å². The predicted molar refractivity (Wildman–Crippen MR) is 80.8 cm³/mol. The second-order valence-corrected chi connectivity index (χ2v) is 5.70. The summed E-state index contributed by atoms with van der Waals surface area (Å²) >= 11 is 1.62. The van der Waals surface area contributed by atoms with Gasteiger partial charge < -0.3 is 9.09 Å². The molecular formula is C14H12N6OS. The Kier molecular flexibility index (Phi) is 3.08. The molecule has 0 saturated heterocycles. The molecular weight excluding hydrogens is 300 g/mol. The average molecular weight is 312 g/mol. The molecule has 0 aliphatic heterocycles. The summed E-state index contributed by atoms with van der Waals surface area (Å²) < 4.78 is 9.10. The summed E-state index contributed by atoms with van der Waals surface area (Å²) in [6.07, 6.45) is 6.88. The van der Waals surface area contributed by atoms with Crippen molar-refractivity contribution in [1.29, 1.82) is 0 Å². The van der Waals surface area contributed by atoms with Gasteiger partial charge in [0.2, 0.25) is 0 Å². The molecule has 4 heterocycles. The number of aryl methyl sites for hydroxylation is 1. The molecule has 0 fully saturated rings. The minimum Gasteiger partial charge on any atom is -0.359 e. The molecule has 0 amide bonds. The molecule has 0 spiro atoms. The standard InChI is InChI=1S/C14H12N6OS/c1-10-16-2-3-20(10)11-4-14(22-7-11)13-5-12(21-18-13)6-19-9-15-8-17-19/h2-5,7-9H,6H2,1H3. The second-order valence-electron chi connectivity index (χ2n) is 4.79. The minimum absolute atomic E-state index is 0.520. The Bertz CT molecular complexity index is 888. The molecule has 110 valence electrons. The van der Waals surface area contributed by atoms with E-state index in [0.29, 0.717) is 6.54 Å². The van der Waals surface area contributed by atoms with E-state index in [9.17, 15) is 0 Å². The monoisotopic (exact) mass is 312 g/mol. The number of hydrogen-bond acceptors (Lipinski definition) is 6. The first-order valence-electron chi connectivity index (χ1n) is 6.67. The van der Waals surface area contributed by atoms with Crippen LogP contribution in [-0.2, 0) is 6.54 Å². The second kappa shape index (κ2) is 5.23. The normalized spacial score (nSPS) is 11.1. The molecule has 7 nitrogen and oxygen atoms in total. The van der Waals surface area contributed by atoms with E-state index >= 15 is 0 Å². The van der Waals surface area contributed by atoms with Gasteiger partial charge in [0.15, 0.2) is 5.76 Å². The summed E-state index contributed by atoms with van der Waals surface area (Å²) in [5.41, 5.74) is 1.90. The topological polar surface area (TPSA) is 74.6 Å². The van der Waals surface area contributed by atoms with Gasteiger partial charge in [-0.25, -0.2) is 14.6 Å². The number of thiophene rings is 1. The highest BCUT2D eigenvalue weighted by Gasteiger charge is 2.11. The molecule has 0 aromatic carbocycles. The molecule has 4 rings (SSSR count). The number of imidazole rings is 1. The van der Waals surface area contributed by atoms with E-state index in [-0.39, 0.29) is 0 Å². The Balaban J connectivity index is 1.59. The van der Waals surface area contributed by atoms with Crippen LogP contribution in [0, 0.1) is 6.92 Å². The Morgan fingerprint density at radius 2 is 2.27 bits per heavy atom. The fourth-order valence-electron chi connectivity index (χ4n) is 2.22. The van der Waals surface area contributed by atoms with Crippen molar-refractivity contribution < 1.29 is 4.52 Å². The van der Waals surface area contributed by atoms with Gasteiger partial charge in [0, 0.05) is 23.8 Å². The van der Waals surface area contributed by atoms with Crippen molar-refractivity contribution in [2.24, 2.45) is 0 Å². The first-order chi connectivity index (χ1) is 10.8. The van der Waals surface area contributed by atoms with Crippen LogP contribution < -0.4 is 0 Å². The van der Waals surface area contributed by atoms with Crippen LogP contribution in [0.1, 0.15) is 11.6 Å². The highest BCUT2D eigenvalue weighted by molar-refractivity contribution is 7.13. The Morgan fingerprint density at radius 3 is 3.05 bits per heavy atom. The van der Waals surface area contributed by atoms with Gasteiger partial charge in [-0.3, -0.25) is 0 Å². The van der Waals surface area contributed by atoms with Crippen molar-refractivity contribution in [2.75, 3.05) is 0 Å². The first kappa shape index (κ1) is 13.0. The Morgan fingerprint density at radius 1 is 1.32 bits per heavy atom. The molecule has 0 aliphatic rings. The molecule has 0 saturated carbocycles. The van der Waals surface area contributed by atoms with Crippen LogP contribution in [-0.4, -0.2) is 29.5 Å². The lowest BCUT2D eigenvalue weighted by Crippen LogP contribution is -1.98. The van der Waals surface area contributed by atoms with E-state index in [0.717, 1.165) is 27.8 Å². The Labute approximate surface area is 129 Å². The van der Waals surface area contributed by atoms with E-state index < -0.39 is 0 Å². The molecule has 0 atom stereocenters. The van der Waals surface area contributed by atoms with Gasteiger partial charge in [0.25, 0.3) is 0 Å². The van der Waals surface area contributed by atoms with Gasteiger partial charge in [0.05, 0.1) is 10.6 Å². The molecule has 0 N–H and O–H groups in total. The summed E-state index contributed by atoms with van der Waals surface area (Å²) in [7, 11) is 0. The molecule has 8 heteroatoms. The maximum absolute atomic E-state index is 5.36. The van der Waals surface area contributed by atoms with E-state index in [1.165, 1.54) is 6.33 Å². The van der Waals surface area contributed by atoms with Crippen LogP contribution in [0.25, 0.3) is 16.3 Å². The van der Waals surface area contributed by atoms with Gasteiger partial charge in [0.1, 0.15) is 30.7 Å². The third-order valence-electron chi connectivity index (χ3n) is 3.29. The maximum atomic E-state index is 5.36. The molecule has 0 radical (unpaired) electrons. The van der Waals surface area contributed by atoms with E-state index in [1.54, 1.807) is 28.5 Å². The van der Waals surface area contributed by atoms with Gasteiger partial charge in [-0.1, -0.05) is 5.16 Å². The van der Waals surface area contributed by atoms with Crippen LogP contribution in [0.4, 0.5) is 0 Å². The van der Waals surface area contributed by atoms with Gasteiger partial charge in [-0.15, -0.1) is 11.3 Å². The largest absolute Gasteiger partial charge is 0.359 e. The van der Waals surface area contributed by atoms with Crippen molar-refractivity contribution in [1.82, 2.24) is 29.5 Å². The zero-order valence-corrected chi connectivity index (χ0v) is 12.6. The van der Waals surface area contributed by atoms with E-state index in [4.69, 9.17) is 4.52 Å². The number of rotatable bonds is 4. The molecule has 4 aromatic rings. The fourth-order valence-corrected chi connectivity index (χ4v) is 3.05. The van der Waals surface area contributed by atoms with Crippen LogP contribution in [0.15, 0.2) is 47.1 Å². The smallest absolute Gasteiger partial charge is 0.158 e. The molecule has 22 heavy (non-hydrogen) atoms. The van der Waals surface area contributed by atoms with Gasteiger partial charge in [-0.2, -0.15) is 5.10 Å². The highest BCUT2D eigenvalue weighted by atomic mass is 32.1. The molecule has 0 unspecified atom stereocenters. The van der Waals surface area contributed by atoms with E-state index in [1.807, 2.05) is 23.8 Å². The van der Waals surface area contributed by atoms with Crippen LogP contribution >= 0.6 is 11.3 Å². The first-order valence-corrected chi connectivity index (χ1v) is 7.55.